The van der Waals surface area contributed by atoms with Gasteiger partial charge in [0.25, 0.3) is 0 Å². The number of nitrogens with zero attached hydrogens (tertiary/aromatic N) is 2. The Hall–Kier alpha value is -2.69. The molecule has 0 bridgehead atoms. The molecule has 1 N–H and O–H groups in total. The Morgan fingerprint density at radius 2 is 2.11 bits per heavy atom. The Morgan fingerprint density at radius 1 is 1.26 bits per heavy atom. The highest BCUT2D eigenvalue weighted by molar-refractivity contribution is 5.89. The lowest BCUT2D eigenvalue weighted by molar-refractivity contribution is 0.0695. The molecule has 0 radical (unpaired) electrons. The number of pyridine rings is 1. The highest BCUT2D eigenvalue weighted by Gasteiger charge is 2.14. The summed E-state index contributed by atoms with van der Waals surface area (Å²) in [5.41, 5.74) is 2.26. The number of carbonyl (C=O) groups is 1. The van der Waals surface area contributed by atoms with E-state index >= 15 is 0 Å². The fraction of sp³-hybridized carbons (Fsp3) is 0.0714. The molecule has 19 heavy (non-hydrogen) atoms. The van der Waals surface area contributed by atoms with Crippen molar-refractivity contribution in [3.63, 3.8) is 0 Å². The van der Waals surface area contributed by atoms with E-state index in [1.807, 2.05) is 24.3 Å². The lowest BCUT2D eigenvalue weighted by atomic mass is 10.0. The zero-order valence-electron chi connectivity index (χ0n) is 9.91. The van der Waals surface area contributed by atoms with Crippen molar-refractivity contribution in [2.45, 2.75) is 6.42 Å². The second-order valence-corrected chi connectivity index (χ2v) is 4.14. The zero-order valence-corrected chi connectivity index (χ0v) is 9.91. The van der Waals surface area contributed by atoms with Gasteiger partial charge in [-0.3, -0.25) is 4.98 Å². The Balaban J connectivity index is 2.04. The molecule has 2 heterocycles. The van der Waals surface area contributed by atoms with E-state index in [0.717, 1.165) is 5.39 Å². The number of benzene rings is 1. The predicted octanol–water partition coefficient (Wildman–Crippen LogP) is 2.51. The smallest absolute Gasteiger partial charge is 0.336 e. The van der Waals surface area contributed by atoms with Crippen molar-refractivity contribution >= 4 is 16.9 Å². The van der Waals surface area contributed by atoms with E-state index < -0.39 is 5.97 Å². The molecule has 0 amide bonds. The van der Waals surface area contributed by atoms with E-state index in [2.05, 4.69) is 10.1 Å². The number of carboxylic acids is 1. The minimum atomic E-state index is -0.967. The fourth-order valence-electron chi connectivity index (χ4n) is 2.02. The van der Waals surface area contributed by atoms with Gasteiger partial charge in [-0.15, -0.1) is 0 Å². The van der Waals surface area contributed by atoms with Gasteiger partial charge in [-0.1, -0.05) is 17.3 Å². The molecule has 0 aliphatic rings. The maximum atomic E-state index is 11.1. The third kappa shape index (κ3) is 2.06. The van der Waals surface area contributed by atoms with E-state index in [4.69, 9.17) is 9.63 Å². The molecule has 5 heteroatoms. The molecular weight excluding hydrogens is 244 g/mol. The van der Waals surface area contributed by atoms with Gasteiger partial charge >= 0.3 is 5.97 Å². The first-order valence-electron chi connectivity index (χ1n) is 5.75. The molecule has 5 nitrogen and oxygen atoms in total. The van der Waals surface area contributed by atoms with Crippen LogP contribution in [-0.4, -0.2) is 21.2 Å². The number of hydrogen-bond donors (Lipinski definition) is 1. The normalized spacial score (nSPS) is 10.7. The van der Waals surface area contributed by atoms with Crippen LogP contribution in [0.25, 0.3) is 11.0 Å². The molecule has 0 saturated heterocycles. The van der Waals surface area contributed by atoms with Crippen molar-refractivity contribution in [2.75, 3.05) is 0 Å². The quantitative estimate of drug-likeness (QED) is 0.777. The van der Waals surface area contributed by atoms with E-state index in [9.17, 15) is 4.79 Å². The summed E-state index contributed by atoms with van der Waals surface area (Å²) in [6.45, 7) is 0. The Labute approximate surface area is 108 Å². The minimum Gasteiger partial charge on any atom is -0.478 e. The first kappa shape index (κ1) is 11.4. The van der Waals surface area contributed by atoms with Crippen LogP contribution in [0.4, 0.5) is 0 Å². The van der Waals surface area contributed by atoms with Crippen molar-refractivity contribution in [1.82, 2.24) is 10.1 Å². The molecule has 0 aliphatic carbocycles. The Kier molecular flexibility index (Phi) is 2.72. The van der Waals surface area contributed by atoms with Crippen molar-refractivity contribution < 1.29 is 14.4 Å². The lowest BCUT2D eigenvalue weighted by Gasteiger charge is -2.02. The van der Waals surface area contributed by atoms with Crippen LogP contribution < -0.4 is 0 Å². The molecule has 0 fully saturated rings. The first-order valence-corrected chi connectivity index (χ1v) is 5.75. The lowest BCUT2D eigenvalue weighted by Crippen LogP contribution is -2.03. The second kappa shape index (κ2) is 4.53. The van der Waals surface area contributed by atoms with Crippen LogP contribution in [0.3, 0.4) is 0 Å². The van der Waals surface area contributed by atoms with Crippen molar-refractivity contribution in [3.05, 3.63) is 59.5 Å². The summed E-state index contributed by atoms with van der Waals surface area (Å²) >= 11 is 0. The Bertz CT molecular complexity index is 749. The highest BCUT2D eigenvalue weighted by atomic mass is 16.5. The van der Waals surface area contributed by atoms with Gasteiger partial charge in [0, 0.05) is 24.2 Å². The molecule has 0 atom stereocenters. The van der Waals surface area contributed by atoms with E-state index in [1.165, 1.54) is 12.3 Å². The number of hydrogen-bond acceptors (Lipinski definition) is 4. The largest absolute Gasteiger partial charge is 0.478 e. The average molecular weight is 254 g/mol. The molecule has 2 aromatic heterocycles. The van der Waals surface area contributed by atoms with E-state index in [-0.39, 0.29) is 5.56 Å². The van der Waals surface area contributed by atoms with Crippen molar-refractivity contribution in [2.24, 2.45) is 0 Å². The summed E-state index contributed by atoms with van der Waals surface area (Å²) in [6.07, 6.45) is 3.40. The van der Waals surface area contributed by atoms with Crippen LogP contribution in [0.1, 0.15) is 21.6 Å². The molecule has 0 spiro atoms. The topological polar surface area (TPSA) is 76.2 Å². The summed E-state index contributed by atoms with van der Waals surface area (Å²) in [5, 5.41) is 14.0. The number of para-hydroxylation sites is 1. The maximum Gasteiger partial charge on any atom is 0.336 e. The van der Waals surface area contributed by atoms with Gasteiger partial charge < -0.3 is 9.63 Å². The van der Waals surface area contributed by atoms with Gasteiger partial charge in [0.2, 0.25) is 0 Å². The van der Waals surface area contributed by atoms with E-state index in [0.29, 0.717) is 23.3 Å². The number of carboxylic acid groups (broad SMARTS) is 1. The molecule has 1 aromatic carbocycles. The number of aromatic nitrogens is 2. The predicted molar refractivity (Wildman–Crippen MR) is 68.0 cm³/mol. The summed E-state index contributed by atoms with van der Waals surface area (Å²) in [5.74, 6) is -0.967. The SMILES string of the molecule is O=C(O)c1ccncc1Cc1noc2ccccc12. The van der Waals surface area contributed by atoms with Crippen molar-refractivity contribution in [3.8, 4) is 0 Å². The fourth-order valence-corrected chi connectivity index (χ4v) is 2.02. The highest BCUT2D eigenvalue weighted by Crippen LogP contribution is 2.21. The average Bonchev–Trinajstić information content (AvgIpc) is 2.83. The number of aromatic carboxylic acids is 1. The van der Waals surface area contributed by atoms with Gasteiger partial charge in [-0.25, -0.2) is 4.79 Å². The summed E-state index contributed by atoms with van der Waals surface area (Å²) in [6, 6.07) is 8.97. The molecular formula is C14H10N2O3. The molecule has 3 rings (SSSR count). The van der Waals surface area contributed by atoms with Crippen LogP contribution in [-0.2, 0) is 6.42 Å². The monoisotopic (exact) mass is 254 g/mol. The number of fused-ring (bicyclic) bond motifs is 1. The van der Waals surface area contributed by atoms with Gasteiger partial charge in [-0.2, -0.15) is 0 Å². The van der Waals surface area contributed by atoms with Crippen molar-refractivity contribution in [1.29, 1.82) is 0 Å². The Morgan fingerprint density at radius 3 is 2.95 bits per heavy atom. The van der Waals surface area contributed by atoms with Gasteiger partial charge in [-0.05, 0) is 23.8 Å². The standard InChI is InChI=1S/C14H10N2O3/c17-14(18)10-5-6-15-8-9(10)7-12-11-3-1-2-4-13(11)19-16-12/h1-6,8H,7H2,(H,17,18). The summed E-state index contributed by atoms with van der Waals surface area (Å²) in [7, 11) is 0. The van der Waals surface area contributed by atoms with Crippen LogP contribution in [0.15, 0.2) is 47.2 Å². The van der Waals surface area contributed by atoms with Gasteiger partial charge in [0.15, 0.2) is 5.58 Å². The number of rotatable bonds is 3. The second-order valence-electron chi connectivity index (χ2n) is 4.14. The molecule has 94 valence electrons. The molecule has 0 aliphatic heterocycles. The molecule has 3 aromatic rings. The zero-order chi connectivity index (χ0) is 13.2. The van der Waals surface area contributed by atoms with E-state index in [1.54, 1.807) is 6.20 Å². The molecule has 0 unspecified atom stereocenters. The summed E-state index contributed by atoms with van der Waals surface area (Å²) in [4.78, 5) is 15.1. The van der Waals surface area contributed by atoms with Gasteiger partial charge in [0.05, 0.1) is 11.3 Å². The van der Waals surface area contributed by atoms with Gasteiger partial charge in [0.1, 0.15) is 0 Å². The first-order chi connectivity index (χ1) is 9.25. The maximum absolute atomic E-state index is 11.1. The van der Waals surface area contributed by atoms with Crippen LogP contribution >= 0.6 is 0 Å². The van der Waals surface area contributed by atoms with Crippen LogP contribution in [0, 0.1) is 0 Å². The van der Waals surface area contributed by atoms with Crippen LogP contribution in [0.5, 0.6) is 0 Å². The van der Waals surface area contributed by atoms with Crippen LogP contribution in [0.2, 0.25) is 0 Å². The third-order valence-electron chi connectivity index (χ3n) is 2.94. The summed E-state index contributed by atoms with van der Waals surface area (Å²) < 4.78 is 5.20. The molecule has 0 saturated carbocycles. The minimum absolute atomic E-state index is 0.238. The third-order valence-corrected chi connectivity index (χ3v) is 2.94.